The van der Waals surface area contributed by atoms with E-state index < -0.39 is 11.9 Å². The summed E-state index contributed by atoms with van der Waals surface area (Å²) in [4.78, 5) is 27.3. The van der Waals surface area contributed by atoms with E-state index in [0.717, 1.165) is 11.3 Å². The summed E-state index contributed by atoms with van der Waals surface area (Å²) in [6, 6.07) is 5.49. The van der Waals surface area contributed by atoms with E-state index in [1.807, 2.05) is 5.38 Å². The lowest BCUT2D eigenvalue weighted by atomic mass is 10.2. The largest absolute Gasteiger partial charge is 0.334 e. The van der Waals surface area contributed by atoms with Gasteiger partial charge in [0, 0.05) is 17.5 Å². The van der Waals surface area contributed by atoms with Crippen molar-refractivity contribution < 1.29 is 14.0 Å². The molecule has 0 fully saturated rings. The molecule has 0 spiro atoms. The minimum Gasteiger partial charge on any atom is -0.334 e. The van der Waals surface area contributed by atoms with E-state index in [2.05, 4.69) is 22.2 Å². The Labute approximate surface area is 141 Å². The van der Waals surface area contributed by atoms with Crippen LogP contribution in [0.15, 0.2) is 46.6 Å². The number of carbonyl (C=O) groups is 2. The standard InChI is InChI=1S/C15H14FN3O2S2/c1-2-7-17-14(21)19-13(20)9-23-15-18-12(8-22-15)10-3-5-11(16)6-4-10/h2-6,8H,1,7,9H2,(H2,17,19,20,21). The number of thioether (sulfide) groups is 1. The fourth-order valence-corrected chi connectivity index (χ4v) is 3.21. The van der Waals surface area contributed by atoms with Gasteiger partial charge in [0.2, 0.25) is 5.91 Å². The lowest BCUT2D eigenvalue weighted by Gasteiger charge is -2.03. The minimum absolute atomic E-state index is 0.0812. The van der Waals surface area contributed by atoms with Crippen molar-refractivity contribution in [3.8, 4) is 11.3 Å². The number of hydrogen-bond acceptors (Lipinski definition) is 5. The van der Waals surface area contributed by atoms with Gasteiger partial charge >= 0.3 is 6.03 Å². The van der Waals surface area contributed by atoms with E-state index in [-0.39, 0.29) is 11.6 Å². The molecule has 5 nitrogen and oxygen atoms in total. The third kappa shape index (κ3) is 5.50. The molecule has 8 heteroatoms. The van der Waals surface area contributed by atoms with Gasteiger partial charge in [0.15, 0.2) is 4.34 Å². The molecule has 1 aromatic heterocycles. The van der Waals surface area contributed by atoms with Gasteiger partial charge in [-0.2, -0.15) is 0 Å². The zero-order chi connectivity index (χ0) is 16.7. The summed E-state index contributed by atoms with van der Waals surface area (Å²) in [6.45, 7) is 3.75. The third-order valence-electron chi connectivity index (χ3n) is 2.61. The number of rotatable bonds is 6. The maximum absolute atomic E-state index is 12.9. The maximum atomic E-state index is 12.9. The molecule has 0 unspecified atom stereocenters. The Morgan fingerprint density at radius 2 is 2.09 bits per heavy atom. The highest BCUT2D eigenvalue weighted by molar-refractivity contribution is 8.01. The van der Waals surface area contributed by atoms with Crippen LogP contribution < -0.4 is 10.6 Å². The van der Waals surface area contributed by atoms with Crippen LogP contribution in [-0.2, 0) is 4.79 Å². The van der Waals surface area contributed by atoms with Gasteiger partial charge in [-0.05, 0) is 24.3 Å². The number of carbonyl (C=O) groups excluding carboxylic acids is 2. The number of halogens is 1. The fourth-order valence-electron chi connectivity index (χ4n) is 1.58. The first-order valence-corrected chi connectivity index (χ1v) is 8.48. The molecule has 0 aliphatic rings. The average Bonchev–Trinajstić information content (AvgIpc) is 3.00. The van der Waals surface area contributed by atoms with Crippen LogP contribution in [-0.4, -0.2) is 29.2 Å². The molecule has 2 N–H and O–H groups in total. The first-order chi connectivity index (χ1) is 11.1. The molecule has 2 aromatic rings. The van der Waals surface area contributed by atoms with Crippen molar-refractivity contribution in [3.63, 3.8) is 0 Å². The van der Waals surface area contributed by atoms with Gasteiger partial charge in [-0.1, -0.05) is 17.8 Å². The molecule has 2 rings (SSSR count). The van der Waals surface area contributed by atoms with Gasteiger partial charge in [0.1, 0.15) is 5.82 Å². The number of imide groups is 1. The molecule has 0 aliphatic heterocycles. The predicted octanol–water partition coefficient (Wildman–Crippen LogP) is 3.05. The Morgan fingerprint density at radius 1 is 1.35 bits per heavy atom. The molecular formula is C15H14FN3O2S2. The average molecular weight is 351 g/mol. The molecule has 0 saturated heterocycles. The first-order valence-electron chi connectivity index (χ1n) is 6.61. The monoisotopic (exact) mass is 351 g/mol. The molecule has 3 amide bonds. The predicted molar refractivity (Wildman–Crippen MR) is 90.0 cm³/mol. The van der Waals surface area contributed by atoms with Gasteiger partial charge < -0.3 is 5.32 Å². The Hall–Kier alpha value is -2.19. The highest BCUT2D eigenvalue weighted by Crippen LogP contribution is 2.28. The van der Waals surface area contributed by atoms with Gasteiger partial charge in [-0.15, -0.1) is 17.9 Å². The number of benzene rings is 1. The lowest BCUT2D eigenvalue weighted by molar-refractivity contribution is -0.117. The van der Waals surface area contributed by atoms with Gasteiger partial charge in [0.05, 0.1) is 11.4 Å². The zero-order valence-electron chi connectivity index (χ0n) is 12.0. The SMILES string of the molecule is C=CCNC(=O)NC(=O)CSc1nc(-c2ccc(F)cc2)cs1. The number of urea groups is 1. The molecule has 0 radical (unpaired) electrons. The van der Waals surface area contributed by atoms with Crippen LogP contribution in [0.3, 0.4) is 0 Å². The molecular weight excluding hydrogens is 337 g/mol. The third-order valence-corrected chi connectivity index (χ3v) is 4.63. The lowest BCUT2D eigenvalue weighted by Crippen LogP contribution is -2.40. The van der Waals surface area contributed by atoms with E-state index >= 15 is 0 Å². The molecule has 0 atom stereocenters. The van der Waals surface area contributed by atoms with Crippen LogP contribution in [0.25, 0.3) is 11.3 Å². The van der Waals surface area contributed by atoms with Crippen LogP contribution in [0, 0.1) is 5.82 Å². The summed E-state index contributed by atoms with van der Waals surface area (Å²) in [5.74, 6) is -0.627. The number of thiazole rings is 1. The van der Waals surface area contributed by atoms with Crippen molar-refractivity contribution >= 4 is 35.0 Å². The van der Waals surface area contributed by atoms with E-state index in [4.69, 9.17) is 0 Å². The fraction of sp³-hybridized carbons (Fsp3) is 0.133. The van der Waals surface area contributed by atoms with Gasteiger partial charge in [-0.3, -0.25) is 10.1 Å². The normalized spacial score (nSPS) is 10.1. The second kappa shape index (κ2) is 8.44. The Morgan fingerprint density at radius 3 is 2.78 bits per heavy atom. The summed E-state index contributed by atoms with van der Waals surface area (Å²) < 4.78 is 13.6. The van der Waals surface area contributed by atoms with Crippen molar-refractivity contribution in [3.05, 3.63) is 48.1 Å². The molecule has 120 valence electrons. The first kappa shape index (κ1) is 17.2. The quantitative estimate of drug-likeness (QED) is 0.620. The highest BCUT2D eigenvalue weighted by atomic mass is 32.2. The molecule has 0 bridgehead atoms. The van der Waals surface area contributed by atoms with Crippen LogP contribution >= 0.6 is 23.1 Å². The van der Waals surface area contributed by atoms with Crippen LogP contribution in [0.2, 0.25) is 0 Å². The maximum Gasteiger partial charge on any atom is 0.321 e. The van der Waals surface area contributed by atoms with E-state index in [1.54, 1.807) is 12.1 Å². The number of aromatic nitrogens is 1. The Kier molecular flexibility index (Phi) is 6.30. The van der Waals surface area contributed by atoms with Crippen LogP contribution in [0.4, 0.5) is 9.18 Å². The highest BCUT2D eigenvalue weighted by Gasteiger charge is 2.10. The zero-order valence-corrected chi connectivity index (χ0v) is 13.7. The van der Waals surface area contributed by atoms with Crippen LogP contribution in [0.1, 0.15) is 0 Å². The van der Waals surface area contributed by atoms with Crippen molar-refractivity contribution in [2.24, 2.45) is 0 Å². The Bertz CT molecular complexity index is 701. The summed E-state index contributed by atoms with van der Waals surface area (Å²) in [7, 11) is 0. The number of nitrogens with one attached hydrogen (secondary N) is 2. The molecule has 23 heavy (non-hydrogen) atoms. The summed E-state index contributed by atoms with van der Waals surface area (Å²) in [5, 5.41) is 6.49. The van der Waals surface area contributed by atoms with Crippen molar-refractivity contribution in [2.75, 3.05) is 12.3 Å². The Balaban J connectivity index is 1.85. The van der Waals surface area contributed by atoms with E-state index in [1.165, 1.54) is 41.3 Å². The number of amides is 3. The van der Waals surface area contributed by atoms with E-state index in [0.29, 0.717) is 10.9 Å². The number of nitrogens with zero attached hydrogens (tertiary/aromatic N) is 1. The second-order valence-corrected chi connectivity index (χ2v) is 6.42. The van der Waals surface area contributed by atoms with Gasteiger partial charge in [0.25, 0.3) is 0 Å². The number of hydrogen-bond donors (Lipinski definition) is 2. The van der Waals surface area contributed by atoms with Crippen molar-refractivity contribution in [2.45, 2.75) is 4.34 Å². The molecule has 0 aliphatic carbocycles. The summed E-state index contributed by atoms with van der Waals surface area (Å²) in [5.41, 5.74) is 1.53. The smallest absolute Gasteiger partial charge is 0.321 e. The van der Waals surface area contributed by atoms with Crippen molar-refractivity contribution in [1.82, 2.24) is 15.6 Å². The second-order valence-electron chi connectivity index (χ2n) is 4.34. The summed E-state index contributed by atoms with van der Waals surface area (Å²) >= 11 is 2.62. The van der Waals surface area contributed by atoms with Crippen molar-refractivity contribution in [1.29, 1.82) is 0 Å². The molecule has 1 heterocycles. The van der Waals surface area contributed by atoms with Gasteiger partial charge in [-0.25, -0.2) is 14.2 Å². The van der Waals surface area contributed by atoms with Crippen LogP contribution in [0.5, 0.6) is 0 Å². The minimum atomic E-state index is -0.554. The topological polar surface area (TPSA) is 71.1 Å². The van der Waals surface area contributed by atoms with E-state index in [9.17, 15) is 14.0 Å². The molecule has 1 aromatic carbocycles. The summed E-state index contributed by atoms with van der Waals surface area (Å²) in [6.07, 6.45) is 1.52. The molecule has 0 saturated carbocycles.